The van der Waals surface area contributed by atoms with E-state index in [2.05, 4.69) is 26.1 Å². The molecule has 1 saturated carbocycles. The van der Waals surface area contributed by atoms with Crippen LogP contribution in [0.1, 0.15) is 33.6 Å². The van der Waals surface area contributed by atoms with Crippen molar-refractivity contribution in [3.8, 4) is 0 Å². The molecule has 1 amide bonds. The summed E-state index contributed by atoms with van der Waals surface area (Å²) in [5.41, 5.74) is 6.02. The highest BCUT2D eigenvalue weighted by molar-refractivity contribution is 5.79. The van der Waals surface area contributed by atoms with Crippen LogP contribution >= 0.6 is 0 Å². The smallest absolute Gasteiger partial charge is 0.223 e. The predicted molar refractivity (Wildman–Crippen MR) is 74.5 cm³/mol. The zero-order valence-corrected chi connectivity index (χ0v) is 12.7. The van der Waals surface area contributed by atoms with Crippen LogP contribution in [0.5, 0.6) is 0 Å². The number of carbonyl (C=O) groups is 1. The van der Waals surface area contributed by atoms with Crippen molar-refractivity contribution < 1.29 is 14.3 Å². The molecule has 0 saturated heterocycles. The molecule has 1 aliphatic carbocycles. The van der Waals surface area contributed by atoms with E-state index in [4.69, 9.17) is 15.2 Å². The normalized spacial score (nSPS) is 30.4. The third-order valence-corrected chi connectivity index (χ3v) is 4.79. The van der Waals surface area contributed by atoms with Gasteiger partial charge >= 0.3 is 0 Å². The molecule has 0 aromatic carbocycles. The monoisotopic (exact) mass is 272 g/mol. The van der Waals surface area contributed by atoms with E-state index in [9.17, 15) is 4.79 Å². The van der Waals surface area contributed by atoms with Gasteiger partial charge in [0.15, 0.2) is 6.29 Å². The fraction of sp³-hybridized carbons (Fsp3) is 0.929. The topological polar surface area (TPSA) is 73.6 Å². The lowest BCUT2D eigenvalue weighted by Gasteiger charge is -2.46. The number of nitrogens with one attached hydrogen (secondary N) is 1. The van der Waals surface area contributed by atoms with Crippen molar-refractivity contribution in [3.63, 3.8) is 0 Å². The van der Waals surface area contributed by atoms with Gasteiger partial charge in [0.2, 0.25) is 5.91 Å². The molecule has 3 atom stereocenters. The summed E-state index contributed by atoms with van der Waals surface area (Å²) in [5, 5.41) is 2.92. The first-order chi connectivity index (χ1) is 8.84. The Balaban J connectivity index is 2.61. The van der Waals surface area contributed by atoms with Crippen molar-refractivity contribution in [1.82, 2.24) is 5.32 Å². The average Bonchev–Trinajstić information content (AvgIpc) is 2.37. The van der Waals surface area contributed by atoms with Crippen molar-refractivity contribution in [3.05, 3.63) is 0 Å². The fourth-order valence-corrected chi connectivity index (χ4v) is 2.89. The number of hydrogen-bond donors (Lipinski definition) is 2. The van der Waals surface area contributed by atoms with Crippen LogP contribution in [-0.4, -0.2) is 39.0 Å². The van der Waals surface area contributed by atoms with Crippen LogP contribution in [0.25, 0.3) is 0 Å². The van der Waals surface area contributed by atoms with Gasteiger partial charge in [0, 0.05) is 26.2 Å². The number of methoxy groups -OCH3 is 2. The first kappa shape index (κ1) is 16.4. The number of rotatable bonds is 5. The van der Waals surface area contributed by atoms with Gasteiger partial charge in [-0.15, -0.1) is 0 Å². The van der Waals surface area contributed by atoms with E-state index in [1.807, 2.05) is 0 Å². The van der Waals surface area contributed by atoms with Gasteiger partial charge in [0.1, 0.15) is 0 Å². The van der Waals surface area contributed by atoms with E-state index in [1.54, 1.807) is 14.2 Å². The summed E-state index contributed by atoms with van der Waals surface area (Å²) in [6.45, 7) is 6.77. The Morgan fingerprint density at radius 2 is 1.95 bits per heavy atom. The highest BCUT2D eigenvalue weighted by Gasteiger charge is 2.44. The van der Waals surface area contributed by atoms with Gasteiger partial charge in [-0.3, -0.25) is 4.79 Å². The zero-order valence-electron chi connectivity index (χ0n) is 12.7. The molecular formula is C14H28N2O3. The molecule has 3 N–H and O–H groups in total. The van der Waals surface area contributed by atoms with Gasteiger partial charge in [0.05, 0.1) is 6.54 Å². The average molecular weight is 272 g/mol. The Labute approximate surface area is 116 Å². The lowest BCUT2D eigenvalue weighted by molar-refractivity contribution is -0.137. The Kier molecular flexibility index (Phi) is 5.77. The Morgan fingerprint density at radius 3 is 2.47 bits per heavy atom. The summed E-state index contributed by atoms with van der Waals surface area (Å²) >= 11 is 0. The summed E-state index contributed by atoms with van der Waals surface area (Å²) in [6, 6.07) is 0.185. The minimum Gasteiger partial charge on any atom is -0.354 e. The Bertz CT molecular complexity index is 303. The Hall–Kier alpha value is -0.650. The molecule has 5 nitrogen and oxygen atoms in total. The molecule has 3 unspecified atom stereocenters. The molecule has 0 aliphatic heterocycles. The first-order valence-electron chi connectivity index (χ1n) is 6.93. The molecule has 5 heteroatoms. The van der Waals surface area contributed by atoms with Crippen molar-refractivity contribution in [2.75, 3.05) is 20.8 Å². The van der Waals surface area contributed by atoms with Crippen LogP contribution in [0.2, 0.25) is 0 Å². The lowest BCUT2D eigenvalue weighted by Crippen LogP contribution is -2.52. The number of nitrogens with two attached hydrogens (primary N) is 1. The zero-order chi connectivity index (χ0) is 14.6. The van der Waals surface area contributed by atoms with Gasteiger partial charge in [-0.25, -0.2) is 0 Å². The molecule has 0 heterocycles. The number of carbonyl (C=O) groups excluding carboxylic acids is 1. The molecule has 0 aromatic rings. The molecule has 1 fully saturated rings. The maximum atomic E-state index is 12.3. The first-order valence-corrected chi connectivity index (χ1v) is 6.93. The van der Waals surface area contributed by atoms with Crippen molar-refractivity contribution >= 4 is 5.91 Å². The van der Waals surface area contributed by atoms with Gasteiger partial charge in [-0.1, -0.05) is 20.8 Å². The van der Waals surface area contributed by atoms with Crippen LogP contribution in [0.4, 0.5) is 0 Å². The molecule has 0 bridgehead atoms. The van der Waals surface area contributed by atoms with Gasteiger partial charge in [0.25, 0.3) is 0 Å². The fourth-order valence-electron chi connectivity index (χ4n) is 2.89. The minimum atomic E-state index is -0.393. The lowest BCUT2D eigenvalue weighted by atomic mass is 9.61. The van der Waals surface area contributed by atoms with E-state index in [0.717, 1.165) is 12.8 Å². The second kappa shape index (κ2) is 6.68. The van der Waals surface area contributed by atoms with Gasteiger partial charge < -0.3 is 20.5 Å². The highest BCUT2D eigenvalue weighted by atomic mass is 16.7. The maximum absolute atomic E-state index is 12.3. The van der Waals surface area contributed by atoms with E-state index in [0.29, 0.717) is 12.5 Å². The second-order valence-corrected chi connectivity index (χ2v) is 6.05. The number of hydrogen-bond acceptors (Lipinski definition) is 4. The van der Waals surface area contributed by atoms with E-state index >= 15 is 0 Å². The molecule has 1 aliphatic rings. The largest absolute Gasteiger partial charge is 0.354 e. The standard InChI is InChI=1S/C14H28N2O3/c1-9-11(15)7-6-10(14(9,2)3)13(17)16-8-12(18-4)19-5/h9-12H,6-8,15H2,1-5H3,(H,16,17). The van der Waals surface area contributed by atoms with Crippen molar-refractivity contribution in [1.29, 1.82) is 0 Å². The molecule has 0 aromatic heterocycles. The van der Waals surface area contributed by atoms with E-state index in [-0.39, 0.29) is 23.3 Å². The quantitative estimate of drug-likeness (QED) is 0.736. The summed E-state index contributed by atoms with van der Waals surface area (Å²) in [5.74, 6) is 0.400. The molecular weight excluding hydrogens is 244 g/mol. The predicted octanol–water partition coefficient (Wildman–Crippen LogP) is 1.12. The number of amides is 1. The third-order valence-electron chi connectivity index (χ3n) is 4.79. The minimum absolute atomic E-state index is 0.00309. The maximum Gasteiger partial charge on any atom is 0.223 e. The summed E-state index contributed by atoms with van der Waals surface area (Å²) in [4.78, 5) is 12.3. The van der Waals surface area contributed by atoms with Gasteiger partial charge in [-0.2, -0.15) is 0 Å². The van der Waals surface area contributed by atoms with Crippen LogP contribution in [0, 0.1) is 17.3 Å². The van der Waals surface area contributed by atoms with Crippen LogP contribution in [0.3, 0.4) is 0 Å². The van der Waals surface area contributed by atoms with E-state index in [1.165, 1.54) is 0 Å². The molecule has 112 valence electrons. The second-order valence-electron chi connectivity index (χ2n) is 6.05. The summed E-state index contributed by atoms with van der Waals surface area (Å²) in [6.07, 6.45) is 1.35. The molecule has 0 spiro atoms. The summed E-state index contributed by atoms with van der Waals surface area (Å²) in [7, 11) is 3.12. The van der Waals surface area contributed by atoms with Crippen LogP contribution in [0.15, 0.2) is 0 Å². The summed E-state index contributed by atoms with van der Waals surface area (Å²) < 4.78 is 10.1. The van der Waals surface area contributed by atoms with Gasteiger partial charge in [-0.05, 0) is 24.2 Å². The molecule has 1 rings (SSSR count). The highest BCUT2D eigenvalue weighted by Crippen LogP contribution is 2.44. The SMILES string of the molecule is COC(CNC(=O)C1CCC(N)C(C)C1(C)C)OC. The van der Waals surface area contributed by atoms with E-state index < -0.39 is 6.29 Å². The molecule has 19 heavy (non-hydrogen) atoms. The molecule has 0 radical (unpaired) electrons. The van der Waals surface area contributed by atoms with Crippen LogP contribution in [-0.2, 0) is 14.3 Å². The Morgan fingerprint density at radius 1 is 1.37 bits per heavy atom. The third kappa shape index (κ3) is 3.68. The van der Waals surface area contributed by atoms with Crippen LogP contribution < -0.4 is 11.1 Å². The van der Waals surface area contributed by atoms with Crippen molar-refractivity contribution in [2.45, 2.75) is 45.9 Å². The van der Waals surface area contributed by atoms with Crippen molar-refractivity contribution in [2.24, 2.45) is 23.0 Å². The number of ether oxygens (including phenoxy) is 2.